The Balaban J connectivity index is 1.88. The Hall–Kier alpha value is -1.35. The summed E-state index contributed by atoms with van der Waals surface area (Å²) in [6, 6.07) is 6.21. The van der Waals surface area contributed by atoms with Crippen molar-refractivity contribution in [2.45, 2.75) is 45.2 Å². The summed E-state index contributed by atoms with van der Waals surface area (Å²) in [5, 5.41) is 3.37. The van der Waals surface area contributed by atoms with Gasteiger partial charge in [-0.15, -0.1) is 0 Å². The number of amides is 1. The molecule has 0 unspecified atom stereocenters. The number of likely N-dealkylation sites (tertiary alicyclic amines) is 1. The Morgan fingerprint density at radius 1 is 1.32 bits per heavy atom. The summed E-state index contributed by atoms with van der Waals surface area (Å²) in [5.41, 5.74) is 3.52. The summed E-state index contributed by atoms with van der Waals surface area (Å²) in [6.45, 7) is 7.15. The van der Waals surface area contributed by atoms with Gasteiger partial charge >= 0.3 is 0 Å². The molecule has 0 bridgehead atoms. The molecule has 1 aromatic rings. The van der Waals surface area contributed by atoms with Gasteiger partial charge in [-0.2, -0.15) is 0 Å². The number of hydrogen-bond donors (Lipinski definition) is 1. The number of carbonyl (C=O) groups excluding carboxylic acids is 1. The van der Waals surface area contributed by atoms with Crippen LogP contribution in [0.1, 0.15) is 48.2 Å². The van der Waals surface area contributed by atoms with E-state index >= 15 is 0 Å². The lowest BCUT2D eigenvalue weighted by atomic mass is 9.97. The molecule has 0 radical (unpaired) electrons. The summed E-state index contributed by atoms with van der Waals surface area (Å²) in [5.74, 6) is 0.191. The molecule has 2 aliphatic rings. The molecule has 3 rings (SSSR count). The molecule has 0 atom stereocenters. The van der Waals surface area contributed by atoms with Crippen molar-refractivity contribution in [2.24, 2.45) is 0 Å². The van der Waals surface area contributed by atoms with Crippen LogP contribution in [0.15, 0.2) is 18.2 Å². The van der Waals surface area contributed by atoms with E-state index in [2.05, 4.69) is 31.3 Å². The van der Waals surface area contributed by atoms with Gasteiger partial charge in [0.1, 0.15) is 0 Å². The predicted octanol–water partition coefficient (Wildman–Crippen LogP) is 2.35. The van der Waals surface area contributed by atoms with E-state index in [1.165, 1.54) is 11.1 Å². The molecule has 2 aliphatic heterocycles. The van der Waals surface area contributed by atoms with E-state index in [0.717, 1.165) is 44.5 Å². The van der Waals surface area contributed by atoms with Crippen LogP contribution < -0.4 is 5.32 Å². The van der Waals surface area contributed by atoms with Crippen LogP contribution in [0.4, 0.5) is 0 Å². The van der Waals surface area contributed by atoms with Crippen LogP contribution >= 0.6 is 0 Å². The minimum absolute atomic E-state index is 0.00519. The minimum Gasteiger partial charge on any atom is -0.334 e. The molecule has 2 heterocycles. The highest BCUT2D eigenvalue weighted by Gasteiger charge is 2.35. The van der Waals surface area contributed by atoms with Crippen molar-refractivity contribution in [3.8, 4) is 0 Å². The van der Waals surface area contributed by atoms with Crippen molar-refractivity contribution in [2.75, 3.05) is 13.1 Å². The number of carbonyl (C=O) groups is 1. The van der Waals surface area contributed by atoms with Gasteiger partial charge in [-0.25, -0.2) is 0 Å². The summed E-state index contributed by atoms with van der Waals surface area (Å²) < 4.78 is 0. The highest BCUT2D eigenvalue weighted by atomic mass is 16.2. The first-order valence-electron chi connectivity index (χ1n) is 7.22. The molecular formula is C16H22N2O. The fraction of sp³-hybridized carbons (Fsp3) is 0.562. The third-order valence-corrected chi connectivity index (χ3v) is 4.49. The Bertz CT molecular complexity index is 507. The van der Waals surface area contributed by atoms with E-state index in [1.54, 1.807) is 0 Å². The highest BCUT2D eigenvalue weighted by Crippen LogP contribution is 2.30. The van der Waals surface area contributed by atoms with Crippen LogP contribution in [0.25, 0.3) is 0 Å². The Morgan fingerprint density at radius 3 is 2.89 bits per heavy atom. The molecule has 102 valence electrons. The van der Waals surface area contributed by atoms with Gasteiger partial charge in [0.25, 0.3) is 5.91 Å². The smallest absolute Gasteiger partial charge is 0.254 e. The number of benzene rings is 1. The maximum absolute atomic E-state index is 12.7. The molecule has 0 aromatic heterocycles. The largest absolute Gasteiger partial charge is 0.334 e. The molecule has 1 fully saturated rings. The molecular weight excluding hydrogens is 236 g/mol. The average molecular weight is 258 g/mol. The molecule has 3 heteroatoms. The Kier molecular flexibility index (Phi) is 3.09. The van der Waals surface area contributed by atoms with Crippen molar-refractivity contribution < 1.29 is 4.79 Å². The van der Waals surface area contributed by atoms with Crippen LogP contribution in [0.2, 0.25) is 0 Å². The minimum atomic E-state index is 0.00519. The first kappa shape index (κ1) is 12.7. The summed E-state index contributed by atoms with van der Waals surface area (Å²) in [4.78, 5) is 14.7. The van der Waals surface area contributed by atoms with Gasteiger partial charge in [0, 0.05) is 24.2 Å². The van der Waals surface area contributed by atoms with Crippen LogP contribution in [-0.2, 0) is 13.0 Å². The summed E-state index contributed by atoms with van der Waals surface area (Å²) in [7, 11) is 0. The van der Waals surface area contributed by atoms with Gasteiger partial charge in [-0.05, 0) is 62.9 Å². The fourth-order valence-electron chi connectivity index (χ4n) is 3.25. The molecule has 0 saturated carbocycles. The van der Waals surface area contributed by atoms with E-state index in [-0.39, 0.29) is 11.4 Å². The number of nitrogens with zero attached hydrogens (tertiary/aromatic N) is 1. The predicted molar refractivity (Wildman–Crippen MR) is 76.2 cm³/mol. The zero-order chi connectivity index (χ0) is 13.5. The third kappa shape index (κ3) is 2.27. The second-order valence-corrected chi connectivity index (χ2v) is 6.28. The zero-order valence-electron chi connectivity index (χ0n) is 11.8. The SMILES string of the molecule is CC1(C)CCCN1C(=O)c1ccc2c(c1)CNCC2. The molecule has 1 aromatic carbocycles. The van der Waals surface area contributed by atoms with Crippen LogP contribution in [0.5, 0.6) is 0 Å². The van der Waals surface area contributed by atoms with Crippen LogP contribution in [0, 0.1) is 0 Å². The number of hydrogen-bond acceptors (Lipinski definition) is 2. The molecule has 1 saturated heterocycles. The molecule has 3 nitrogen and oxygen atoms in total. The van der Waals surface area contributed by atoms with Crippen molar-refractivity contribution in [1.29, 1.82) is 0 Å². The first-order chi connectivity index (χ1) is 9.08. The van der Waals surface area contributed by atoms with Crippen molar-refractivity contribution in [3.05, 3.63) is 34.9 Å². The van der Waals surface area contributed by atoms with Gasteiger partial charge in [0.05, 0.1) is 0 Å². The lowest BCUT2D eigenvalue weighted by Gasteiger charge is -2.32. The van der Waals surface area contributed by atoms with E-state index < -0.39 is 0 Å². The normalized spacial score (nSPS) is 21.3. The maximum atomic E-state index is 12.7. The quantitative estimate of drug-likeness (QED) is 0.838. The molecule has 19 heavy (non-hydrogen) atoms. The standard InChI is InChI=1S/C16H22N2O/c1-16(2)7-3-9-18(16)15(19)13-5-4-12-6-8-17-11-14(12)10-13/h4-5,10,17H,3,6-9,11H2,1-2H3. The number of rotatable bonds is 1. The monoisotopic (exact) mass is 258 g/mol. The second-order valence-electron chi connectivity index (χ2n) is 6.28. The Morgan fingerprint density at radius 2 is 2.16 bits per heavy atom. The van der Waals surface area contributed by atoms with Crippen molar-refractivity contribution in [1.82, 2.24) is 10.2 Å². The molecule has 0 aliphatic carbocycles. The molecule has 1 N–H and O–H groups in total. The second kappa shape index (κ2) is 4.64. The summed E-state index contributed by atoms with van der Waals surface area (Å²) in [6.07, 6.45) is 3.29. The van der Waals surface area contributed by atoms with Gasteiger partial charge in [0.15, 0.2) is 0 Å². The lowest BCUT2D eigenvalue weighted by molar-refractivity contribution is 0.0652. The van der Waals surface area contributed by atoms with Gasteiger partial charge in [-0.3, -0.25) is 4.79 Å². The number of nitrogens with one attached hydrogen (secondary N) is 1. The van der Waals surface area contributed by atoms with Gasteiger partial charge in [-0.1, -0.05) is 6.07 Å². The van der Waals surface area contributed by atoms with E-state index in [4.69, 9.17) is 0 Å². The average Bonchev–Trinajstić information content (AvgIpc) is 2.77. The van der Waals surface area contributed by atoms with E-state index in [9.17, 15) is 4.79 Å². The molecule has 1 amide bonds. The van der Waals surface area contributed by atoms with Gasteiger partial charge in [0.2, 0.25) is 0 Å². The maximum Gasteiger partial charge on any atom is 0.254 e. The fourth-order valence-corrected chi connectivity index (χ4v) is 3.25. The Labute approximate surface area is 115 Å². The number of fused-ring (bicyclic) bond motifs is 1. The lowest BCUT2D eigenvalue weighted by Crippen LogP contribution is -2.42. The van der Waals surface area contributed by atoms with Crippen LogP contribution in [0.3, 0.4) is 0 Å². The molecule has 0 spiro atoms. The third-order valence-electron chi connectivity index (χ3n) is 4.49. The van der Waals surface area contributed by atoms with E-state index in [1.807, 2.05) is 11.0 Å². The summed E-state index contributed by atoms with van der Waals surface area (Å²) >= 11 is 0. The van der Waals surface area contributed by atoms with Crippen molar-refractivity contribution >= 4 is 5.91 Å². The van der Waals surface area contributed by atoms with Crippen LogP contribution in [-0.4, -0.2) is 29.4 Å². The van der Waals surface area contributed by atoms with Crippen molar-refractivity contribution in [3.63, 3.8) is 0 Å². The topological polar surface area (TPSA) is 32.3 Å². The highest BCUT2D eigenvalue weighted by molar-refractivity contribution is 5.95. The van der Waals surface area contributed by atoms with Gasteiger partial charge < -0.3 is 10.2 Å². The zero-order valence-corrected chi connectivity index (χ0v) is 11.8. The van der Waals surface area contributed by atoms with E-state index in [0.29, 0.717) is 0 Å². The first-order valence-corrected chi connectivity index (χ1v) is 7.22.